The largest absolute Gasteiger partial charge is 0.489 e. The van der Waals surface area contributed by atoms with Gasteiger partial charge in [0.15, 0.2) is 0 Å². The summed E-state index contributed by atoms with van der Waals surface area (Å²) in [5.41, 5.74) is 2.04. The Hall–Kier alpha value is -2.74. The Morgan fingerprint density at radius 2 is 2.17 bits per heavy atom. The highest BCUT2D eigenvalue weighted by molar-refractivity contribution is 7.17. The molecule has 0 amide bonds. The first-order valence-corrected chi connectivity index (χ1v) is 8.16. The average Bonchev–Trinajstić information content (AvgIpc) is 3.16. The van der Waals surface area contributed by atoms with E-state index in [1.54, 1.807) is 24.0 Å². The lowest BCUT2D eigenvalue weighted by molar-refractivity contribution is 0.0701. The first-order valence-electron chi connectivity index (χ1n) is 7.34. The maximum atomic E-state index is 11.2. The van der Waals surface area contributed by atoms with E-state index >= 15 is 0 Å². The zero-order valence-electron chi connectivity index (χ0n) is 13.4. The summed E-state index contributed by atoms with van der Waals surface area (Å²) in [6.07, 6.45) is 3.32. The molecule has 0 unspecified atom stereocenters. The van der Waals surface area contributed by atoms with Crippen LogP contribution in [0.5, 0.6) is 5.75 Å². The smallest absolute Gasteiger partial charge is 0.347 e. The van der Waals surface area contributed by atoms with Gasteiger partial charge in [-0.25, -0.2) is 14.5 Å². The van der Waals surface area contributed by atoms with Crippen LogP contribution in [0.25, 0.3) is 16.3 Å². The predicted molar refractivity (Wildman–Crippen MR) is 89.9 cm³/mol. The molecule has 2 heterocycles. The first kappa shape index (κ1) is 16.1. The number of carboxylic acid groups (broad SMARTS) is 1. The summed E-state index contributed by atoms with van der Waals surface area (Å²) >= 11 is 1.15. The summed E-state index contributed by atoms with van der Waals surface area (Å²) in [6.45, 7) is 5.59. The number of ether oxygens (including phenoxy) is 1. The molecule has 0 radical (unpaired) electrons. The first-order chi connectivity index (χ1) is 11.5. The molecule has 0 bridgehead atoms. The number of hydrogen-bond acceptors (Lipinski definition) is 6. The molecule has 124 valence electrons. The fraction of sp³-hybridized carbons (Fsp3) is 0.250. The van der Waals surface area contributed by atoms with E-state index in [0.717, 1.165) is 22.6 Å². The van der Waals surface area contributed by atoms with E-state index in [-0.39, 0.29) is 11.0 Å². The zero-order valence-corrected chi connectivity index (χ0v) is 14.2. The Balaban J connectivity index is 2.09. The second kappa shape index (κ2) is 6.40. The van der Waals surface area contributed by atoms with Crippen molar-refractivity contribution in [3.63, 3.8) is 0 Å². The van der Waals surface area contributed by atoms with Crippen molar-refractivity contribution < 1.29 is 14.6 Å². The van der Waals surface area contributed by atoms with E-state index in [0.29, 0.717) is 16.5 Å². The van der Waals surface area contributed by atoms with Crippen molar-refractivity contribution in [3.05, 3.63) is 41.2 Å². The highest BCUT2D eigenvalue weighted by Crippen LogP contribution is 2.33. The van der Waals surface area contributed by atoms with E-state index in [9.17, 15) is 9.90 Å². The Bertz CT molecular complexity index is 872. The SMILES string of the molecule is Cc1nc(-c2ccc(OC(C)C)c(-n3ccnn3)c2)sc1C(=O)O. The molecule has 1 N–H and O–H groups in total. The predicted octanol–water partition coefficient (Wildman–Crippen LogP) is 3.18. The third kappa shape index (κ3) is 3.13. The summed E-state index contributed by atoms with van der Waals surface area (Å²) in [5.74, 6) is -0.293. The van der Waals surface area contributed by atoms with E-state index in [1.807, 2.05) is 32.0 Å². The molecule has 0 spiro atoms. The average molecular weight is 344 g/mol. The Morgan fingerprint density at radius 3 is 2.75 bits per heavy atom. The molecule has 1 aromatic carbocycles. The van der Waals surface area contributed by atoms with Crippen LogP contribution < -0.4 is 4.74 Å². The van der Waals surface area contributed by atoms with E-state index in [4.69, 9.17) is 4.74 Å². The van der Waals surface area contributed by atoms with Crippen molar-refractivity contribution in [3.8, 4) is 22.0 Å². The zero-order chi connectivity index (χ0) is 17.3. The minimum Gasteiger partial charge on any atom is -0.489 e. The lowest BCUT2D eigenvalue weighted by Crippen LogP contribution is -2.09. The second-order valence-corrected chi connectivity index (χ2v) is 6.43. The van der Waals surface area contributed by atoms with Gasteiger partial charge < -0.3 is 9.84 Å². The second-order valence-electron chi connectivity index (χ2n) is 5.44. The molecule has 0 fully saturated rings. The summed E-state index contributed by atoms with van der Waals surface area (Å²) in [6, 6.07) is 5.57. The van der Waals surface area contributed by atoms with Crippen LogP contribution in [0.2, 0.25) is 0 Å². The minimum absolute atomic E-state index is 0.0128. The molecular weight excluding hydrogens is 328 g/mol. The minimum atomic E-state index is -0.965. The number of rotatable bonds is 5. The van der Waals surface area contributed by atoms with E-state index in [2.05, 4.69) is 15.3 Å². The highest BCUT2D eigenvalue weighted by Gasteiger charge is 2.17. The number of benzene rings is 1. The van der Waals surface area contributed by atoms with Crippen molar-refractivity contribution >= 4 is 17.3 Å². The van der Waals surface area contributed by atoms with E-state index in [1.165, 1.54) is 0 Å². The van der Waals surface area contributed by atoms with Gasteiger partial charge in [0.05, 0.1) is 24.2 Å². The lowest BCUT2D eigenvalue weighted by atomic mass is 10.2. The summed E-state index contributed by atoms with van der Waals surface area (Å²) in [7, 11) is 0. The molecule has 0 aliphatic rings. The molecule has 24 heavy (non-hydrogen) atoms. The molecular formula is C16H16N4O3S. The molecule has 8 heteroatoms. The van der Waals surface area contributed by atoms with Gasteiger partial charge in [0.2, 0.25) is 0 Å². The number of carbonyl (C=O) groups is 1. The van der Waals surface area contributed by atoms with Gasteiger partial charge in [-0.1, -0.05) is 5.21 Å². The molecule has 0 aliphatic carbocycles. The molecule has 7 nitrogen and oxygen atoms in total. The molecule has 0 aliphatic heterocycles. The van der Waals surface area contributed by atoms with Gasteiger partial charge in [-0.3, -0.25) is 0 Å². The van der Waals surface area contributed by atoms with Gasteiger partial charge in [0.25, 0.3) is 0 Å². The van der Waals surface area contributed by atoms with Gasteiger partial charge in [-0.2, -0.15) is 0 Å². The van der Waals surface area contributed by atoms with Crippen LogP contribution in [0.1, 0.15) is 29.2 Å². The lowest BCUT2D eigenvalue weighted by Gasteiger charge is -2.14. The highest BCUT2D eigenvalue weighted by atomic mass is 32.1. The maximum absolute atomic E-state index is 11.2. The normalized spacial score (nSPS) is 11.0. The van der Waals surface area contributed by atoms with Crippen LogP contribution in [-0.2, 0) is 0 Å². The van der Waals surface area contributed by atoms with Crippen LogP contribution >= 0.6 is 11.3 Å². The third-order valence-electron chi connectivity index (χ3n) is 3.23. The number of carboxylic acids is 1. The van der Waals surface area contributed by atoms with Crippen LogP contribution in [-0.4, -0.2) is 37.2 Å². The molecule has 0 saturated carbocycles. The number of nitrogens with zero attached hydrogens (tertiary/aromatic N) is 4. The van der Waals surface area contributed by atoms with Gasteiger partial charge in [-0.15, -0.1) is 16.4 Å². The monoisotopic (exact) mass is 344 g/mol. The van der Waals surface area contributed by atoms with Crippen LogP contribution in [0.4, 0.5) is 0 Å². The van der Waals surface area contributed by atoms with Crippen LogP contribution in [0.15, 0.2) is 30.6 Å². The van der Waals surface area contributed by atoms with Gasteiger partial charge in [0.1, 0.15) is 21.3 Å². The Morgan fingerprint density at radius 1 is 1.38 bits per heavy atom. The third-order valence-corrected chi connectivity index (χ3v) is 4.42. The van der Waals surface area contributed by atoms with Crippen molar-refractivity contribution in [2.45, 2.75) is 26.9 Å². The summed E-state index contributed by atoms with van der Waals surface area (Å²) < 4.78 is 7.44. The van der Waals surface area contributed by atoms with Crippen LogP contribution in [0.3, 0.4) is 0 Å². The van der Waals surface area contributed by atoms with Gasteiger partial charge in [-0.05, 0) is 39.0 Å². The van der Waals surface area contributed by atoms with Crippen LogP contribution in [0, 0.1) is 6.92 Å². The molecule has 0 atom stereocenters. The van der Waals surface area contributed by atoms with Gasteiger partial charge in [0, 0.05) is 5.56 Å². The Kier molecular flexibility index (Phi) is 4.30. The standard InChI is InChI=1S/C16H16N4O3S/c1-9(2)23-13-5-4-11(8-12(13)20-7-6-17-19-20)15-18-10(3)14(24-15)16(21)22/h4-9H,1-3H3,(H,21,22). The van der Waals surface area contributed by atoms with Gasteiger partial charge >= 0.3 is 5.97 Å². The molecule has 0 saturated heterocycles. The number of aromatic nitrogens is 4. The molecule has 3 aromatic rings. The fourth-order valence-electron chi connectivity index (χ4n) is 2.24. The molecule has 3 rings (SSSR count). The quantitative estimate of drug-likeness (QED) is 0.764. The molecule has 2 aromatic heterocycles. The Labute approximate surface area is 142 Å². The topological polar surface area (TPSA) is 90.1 Å². The van der Waals surface area contributed by atoms with Crippen molar-refractivity contribution in [2.24, 2.45) is 0 Å². The summed E-state index contributed by atoms with van der Waals surface area (Å²) in [4.78, 5) is 15.8. The number of thiazole rings is 1. The summed E-state index contributed by atoms with van der Waals surface area (Å²) in [5, 5.41) is 17.7. The van der Waals surface area contributed by atoms with Crippen molar-refractivity contribution in [1.29, 1.82) is 0 Å². The van der Waals surface area contributed by atoms with E-state index < -0.39 is 5.97 Å². The number of aromatic carboxylic acids is 1. The van der Waals surface area contributed by atoms with Crippen molar-refractivity contribution in [1.82, 2.24) is 20.0 Å². The van der Waals surface area contributed by atoms with Crippen molar-refractivity contribution in [2.75, 3.05) is 0 Å². The number of aryl methyl sites for hydroxylation is 1. The number of hydrogen-bond donors (Lipinski definition) is 1. The fourth-order valence-corrected chi connectivity index (χ4v) is 3.14. The maximum Gasteiger partial charge on any atom is 0.347 e.